The van der Waals surface area contributed by atoms with Gasteiger partial charge in [-0.3, -0.25) is 14.8 Å². The van der Waals surface area contributed by atoms with Gasteiger partial charge in [0.2, 0.25) is 5.91 Å². The number of aromatic amines is 1. The molecule has 0 radical (unpaired) electrons. The molecule has 1 aromatic heterocycles. The van der Waals surface area contributed by atoms with Crippen molar-refractivity contribution in [3.05, 3.63) is 29.3 Å². The van der Waals surface area contributed by atoms with Crippen molar-refractivity contribution in [3.63, 3.8) is 0 Å². The fraction of sp³-hybridized carbons (Fsp3) is 0.476. The molecule has 1 aromatic carbocycles. The molecule has 9 nitrogen and oxygen atoms in total. The lowest BCUT2D eigenvalue weighted by Gasteiger charge is -2.16. The Kier molecular flexibility index (Phi) is 5.89. The van der Waals surface area contributed by atoms with Crippen molar-refractivity contribution in [2.75, 3.05) is 43.6 Å². The summed E-state index contributed by atoms with van der Waals surface area (Å²) in [4.78, 5) is 25.1. The molecule has 1 saturated heterocycles. The molecule has 1 fully saturated rings. The van der Waals surface area contributed by atoms with E-state index in [9.17, 15) is 9.59 Å². The number of carbonyl (C=O) groups is 2. The molecular weight excluding hydrogens is 386 g/mol. The Bertz CT molecular complexity index is 941. The number of nitrogens with zero attached hydrogens (tertiary/aromatic N) is 2. The summed E-state index contributed by atoms with van der Waals surface area (Å²) in [6.07, 6.45) is 2.11. The van der Waals surface area contributed by atoms with Crippen LogP contribution >= 0.6 is 0 Å². The molecular formula is C21H27N5O4. The molecule has 0 unspecified atom stereocenters. The van der Waals surface area contributed by atoms with Crippen LogP contribution < -0.4 is 15.5 Å². The van der Waals surface area contributed by atoms with Crippen LogP contribution in [-0.4, -0.2) is 61.7 Å². The fourth-order valence-corrected chi connectivity index (χ4v) is 4.00. The minimum absolute atomic E-state index is 0.138. The van der Waals surface area contributed by atoms with Crippen LogP contribution in [0, 0.1) is 0 Å². The van der Waals surface area contributed by atoms with Crippen LogP contribution in [0.2, 0.25) is 0 Å². The Hall–Kier alpha value is -3.07. The van der Waals surface area contributed by atoms with Crippen molar-refractivity contribution in [2.24, 2.45) is 0 Å². The number of benzene rings is 1. The molecule has 2 aromatic rings. The Labute approximate surface area is 175 Å². The average molecular weight is 413 g/mol. The number of methoxy groups -OCH3 is 1. The number of H-pyrrole nitrogens is 1. The van der Waals surface area contributed by atoms with E-state index < -0.39 is 0 Å². The van der Waals surface area contributed by atoms with Gasteiger partial charge in [0.05, 0.1) is 25.4 Å². The standard InChI is InChI=1S/C21H27N5O4/c1-13(27)23-11-16-12-26(21(28)30-16)15-6-7-17-14(10-15)4-3-5-18-19(17)24-25-20(18)22-8-9-29-2/h6-7,10,16H,3-5,8-9,11-12H2,1-2H3,(H,23,27)(H2,22,24,25)/t16-/m0/s1. The second-order valence-electron chi connectivity index (χ2n) is 7.59. The summed E-state index contributed by atoms with van der Waals surface area (Å²) < 4.78 is 10.5. The summed E-state index contributed by atoms with van der Waals surface area (Å²) in [5, 5.41) is 13.7. The number of amides is 2. The van der Waals surface area contributed by atoms with Crippen molar-refractivity contribution in [3.8, 4) is 11.3 Å². The van der Waals surface area contributed by atoms with Gasteiger partial charge in [0.1, 0.15) is 6.10 Å². The Morgan fingerprint density at radius 2 is 2.27 bits per heavy atom. The second-order valence-corrected chi connectivity index (χ2v) is 7.59. The van der Waals surface area contributed by atoms with E-state index in [1.807, 2.05) is 12.1 Å². The van der Waals surface area contributed by atoms with Crippen molar-refractivity contribution in [1.82, 2.24) is 15.5 Å². The highest BCUT2D eigenvalue weighted by Gasteiger charge is 2.33. The van der Waals surface area contributed by atoms with Crippen LogP contribution in [0.4, 0.5) is 16.3 Å². The molecule has 2 heterocycles. The number of fused-ring (bicyclic) bond motifs is 3. The number of hydrogen-bond acceptors (Lipinski definition) is 6. The number of aromatic nitrogens is 2. The molecule has 2 aliphatic rings. The molecule has 0 spiro atoms. The van der Waals surface area contributed by atoms with Crippen molar-refractivity contribution < 1.29 is 19.1 Å². The zero-order valence-electron chi connectivity index (χ0n) is 17.3. The first kappa shape index (κ1) is 20.2. The first-order valence-corrected chi connectivity index (χ1v) is 10.2. The third-order valence-corrected chi connectivity index (χ3v) is 5.46. The third kappa shape index (κ3) is 4.11. The second kappa shape index (κ2) is 8.74. The van der Waals surface area contributed by atoms with E-state index in [1.54, 1.807) is 12.0 Å². The molecule has 9 heteroatoms. The zero-order valence-corrected chi connectivity index (χ0v) is 17.3. The quantitative estimate of drug-likeness (QED) is 0.600. The van der Waals surface area contributed by atoms with E-state index in [1.165, 1.54) is 18.1 Å². The predicted molar refractivity (Wildman–Crippen MR) is 113 cm³/mol. The molecule has 30 heavy (non-hydrogen) atoms. The Balaban J connectivity index is 1.54. The fourth-order valence-electron chi connectivity index (χ4n) is 4.00. The summed E-state index contributed by atoms with van der Waals surface area (Å²) in [5.41, 5.74) is 5.32. The lowest BCUT2D eigenvalue weighted by molar-refractivity contribution is -0.119. The number of rotatable bonds is 7. The maximum atomic E-state index is 12.3. The highest BCUT2D eigenvalue weighted by atomic mass is 16.6. The summed E-state index contributed by atoms with van der Waals surface area (Å²) in [7, 11) is 1.68. The maximum Gasteiger partial charge on any atom is 0.414 e. The molecule has 160 valence electrons. The van der Waals surface area contributed by atoms with Gasteiger partial charge in [0, 0.05) is 37.4 Å². The largest absolute Gasteiger partial charge is 0.442 e. The van der Waals surface area contributed by atoms with E-state index in [-0.39, 0.29) is 18.1 Å². The van der Waals surface area contributed by atoms with Crippen LogP contribution in [0.15, 0.2) is 18.2 Å². The number of nitrogens with one attached hydrogen (secondary N) is 3. The van der Waals surface area contributed by atoms with Crippen LogP contribution in [-0.2, 0) is 27.1 Å². The number of cyclic esters (lactones) is 1. The highest BCUT2D eigenvalue weighted by Crippen LogP contribution is 2.36. The van der Waals surface area contributed by atoms with E-state index in [4.69, 9.17) is 9.47 Å². The van der Waals surface area contributed by atoms with Gasteiger partial charge in [0.25, 0.3) is 0 Å². The van der Waals surface area contributed by atoms with Gasteiger partial charge >= 0.3 is 6.09 Å². The van der Waals surface area contributed by atoms with Gasteiger partial charge in [-0.05, 0) is 37.0 Å². The van der Waals surface area contributed by atoms with Gasteiger partial charge < -0.3 is 20.1 Å². The molecule has 3 N–H and O–H groups in total. The van der Waals surface area contributed by atoms with E-state index >= 15 is 0 Å². The number of ether oxygens (including phenoxy) is 2. The van der Waals surface area contributed by atoms with Gasteiger partial charge in [-0.15, -0.1) is 0 Å². The zero-order chi connectivity index (χ0) is 21.1. The number of anilines is 2. The Morgan fingerprint density at radius 3 is 3.07 bits per heavy atom. The van der Waals surface area contributed by atoms with Crippen LogP contribution in [0.25, 0.3) is 11.3 Å². The summed E-state index contributed by atoms with van der Waals surface area (Å²) in [6.45, 7) is 3.51. The number of aryl methyl sites for hydroxylation is 1. The average Bonchev–Trinajstić information content (AvgIpc) is 3.24. The van der Waals surface area contributed by atoms with Crippen molar-refractivity contribution in [1.29, 1.82) is 0 Å². The molecule has 2 amide bonds. The van der Waals surface area contributed by atoms with Crippen LogP contribution in [0.5, 0.6) is 0 Å². The van der Waals surface area contributed by atoms with Crippen molar-refractivity contribution in [2.45, 2.75) is 32.3 Å². The molecule has 1 aliphatic heterocycles. The topological polar surface area (TPSA) is 109 Å². The normalized spacial score (nSPS) is 17.7. The maximum absolute atomic E-state index is 12.3. The monoisotopic (exact) mass is 413 g/mol. The lowest BCUT2D eigenvalue weighted by Crippen LogP contribution is -2.33. The first-order valence-electron chi connectivity index (χ1n) is 10.2. The number of carbonyl (C=O) groups excluding carboxylic acids is 2. The van der Waals surface area contributed by atoms with E-state index in [0.717, 1.165) is 42.0 Å². The van der Waals surface area contributed by atoms with E-state index in [2.05, 4.69) is 26.9 Å². The Morgan fingerprint density at radius 1 is 1.40 bits per heavy atom. The number of hydrogen-bond donors (Lipinski definition) is 3. The van der Waals surface area contributed by atoms with Crippen LogP contribution in [0.1, 0.15) is 24.5 Å². The summed E-state index contributed by atoms with van der Waals surface area (Å²) >= 11 is 0. The summed E-state index contributed by atoms with van der Waals surface area (Å²) in [5.74, 6) is 0.740. The summed E-state index contributed by atoms with van der Waals surface area (Å²) in [6, 6.07) is 6.04. The van der Waals surface area contributed by atoms with Gasteiger partial charge in [-0.25, -0.2) is 4.79 Å². The third-order valence-electron chi connectivity index (χ3n) is 5.46. The minimum Gasteiger partial charge on any atom is -0.442 e. The van der Waals surface area contributed by atoms with Gasteiger partial charge in [-0.1, -0.05) is 6.07 Å². The van der Waals surface area contributed by atoms with Crippen molar-refractivity contribution >= 4 is 23.5 Å². The SMILES string of the molecule is COCCNc1n[nH]c2c1CCCc1cc(N3C[C@H](CNC(C)=O)OC3=O)ccc1-2. The first-order chi connectivity index (χ1) is 14.6. The lowest BCUT2D eigenvalue weighted by atomic mass is 10.0. The minimum atomic E-state index is -0.384. The van der Waals surface area contributed by atoms with Gasteiger partial charge in [0.15, 0.2) is 5.82 Å². The predicted octanol–water partition coefficient (Wildman–Crippen LogP) is 2.08. The molecule has 1 atom stereocenters. The molecule has 0 saturated carbocycles. The molecule has 4 rings (SSSR count). The smallest absolute Gasteiger partial charge is 0.414 e. The van der Waals surface area contributed by atoms with E-state index in [0.29, 0.717) is 26.2 Å². The van der Waals surface area contributed by atoms with Gasteiger partial charge in [-0.2, -0.15) is 5.10 Å². The molecule has 1 aliphatic carbocycles. The highest BCUT2D eigenvalue weighted by molar-refractivity contribution is 5.90. The van der Waals surface area contributed by atoms with Crippen LogP contribution in [0.3, 0.4) is 0 Å². The molecule has 0 bridgehead atoms.